The van der Waals surface area contributed by atoms with E-state index in [2.05, 4.69) is 21.9 Å². The number of nitrogens with one attached hydrogen (secondary N) is 1. The highest BCUT2D eigenvalue weighted by Crippen LogP contribution is 2.30. The minimum atomic E-state index is -0.468. The van der Waals surface area contributed by atoms with Gasteiger partial charge in [-0.15, -0.1) is 4.73 Å². The molecule has 1 saturated heterocycles. The van der Waals surface area contributed by atoms with Crippen molar-refractivity contribution in [2.24, 2.45) is 0 Å². The number of fused-ring (bicyclic) bond motifs is 1. The highest BCUT2D eigenvalue weighted by Gasteiger charge is 2.24. The average molecular weight is 521 g/mol. The molecule has 0 amide bonds. The van der Waals surface area contributed by atoms with E-state index in [4.69, 9.17) is 9.82 Å². The number of likely N-dealkylation sites (tertiary alicyclic amines) is 1. The fourth-order valence-corrected chi connectivity index (χ4v) is 5.62. The number of piperidine rings is 1. The van der Waals surface area contributed by atoms with Crippen LogP contribution in [0.2, 0.25) is 0 Å². The van der Waals surface area contributed by atoms with E-state index in [0.29, 0.717) is 35.6 Å². The van der Waals surface area contributed by atoms with Crippen molar-refractivity contribution in [1.29, 1.82) is 0 Å². The van der Waals surface area contributed by atoms with E-state index in [0.717, 1.165) is 61.3 Å². The summed E-state index contributed by atoms with van der Waals surface area (Å²) in [5.74, 6) is -0.240. The van der Waals surface area contributed by atoms with Crippen LogP contribution in [-0.2, 0) is 12.8 Å². The van der Waals surface area contributed by atoms with Gasteiger partial charge in [0.1, 0.15) is 11.3 Å². The van der Waals surface area contributed by atoms with E-state index >= 15 is 0 Å². The predicted molar refractivity (Wildman–Crippen MR) is 147 cm³/mol. The normalized spacial score (nSPS) is 15.8. The number of aromatic amines is 1. The quantitative estimate of drug-likeness (QED) is 0.333. The molecule has 1 fully saturated rings. The summed E-state index contributed by atoms with van der Waals surface area (Å²) in [6.07, 6.45) is 7.46. The van der Waals surface area contributed by atoms with Gasteiger partial charge in [-0.3, -0.25) is 9.67 Å². The number of aryl methyl sites for hydroxylation is 1. The Labute approximate surface area is 222 Å². The molecule has 1 aliphatic rings. The number of hydrogen-bond donors (Lipinski definition) is 1. The molecule has 5 rings (SSSR count). The Balaban J connectivity index is 1.42. The van der Waals surface area contributed by atoms with Crippen molar-refractivity contribution in [2.45, 2.75) is 71.9 Å². The Morgan fingerprint density at radius 2 is 1.89 bits per heavy atom. The van der Waals surface area contributed by atoms with Crippen molar-refractivity contribution in [3.05, 3.63) is 69.7 Å². The molecule has 1 unspecified atom stereocenters. The molecule has 1 N–H and O–H groups in total. The Hall–Kier alpha value is -3.46. The highest BCUT2D eigenvalue weighted by molar-refractivity contribution is 5.75. The van der Waals surface area contributed by atoms with Crippen molar-refractivity contribution in [1.82, 2.24) is 29.4 Å². The predicted octanol–water partition coefficient (Wildman–Crippen LogP) is 5.09. The van der Waals surface area contributed by atoms with Gasteiger partial charge in [0.2, 0.25) is 0 Å². The van der Waals surface area contributed by atoms with E-state index in [9.17, 15) is 9.18 Å². The van der Waals surface area contributed by atoms with Gasteiger partial charge in [-0.2, -0.15) is 5.10 Å². The van der Waals surface area contributed by atoms with Crippen LogP contribution in [0.4, 0.5) is 4.39 Å². The van der Waals surface area contributed by atoms with E-state index in [1.807, 2.05) is 56.0 Å². The van der Waals surface area contributed by atoms with Crippen molar-refractivity contribution < 1.29 is 9.23 Å². The zero-order valence-corrected chi connectivity index (χ0v) is 22.7. The zero-order chi connectivity index (χ0) is 26.8. The number of nitrogens with zero attached hydrogens (tertiary/aromatic N) is 5. The van der Waals surface area contributed by atoms with Gasteiger partial charge in [-0.1, -0.05) is 33.8 Å². The monoisotopic (exact) mass is 520 g/mol. The lowest BCUT2D eigenvalue weighted by molar-refractivity contribution is 0.0338. The summed E-state index contributed by atoms with van der Waals surface area (Å²) in [6.45, 7) is 11.4. The third kappa shape index (κ3) is 4.87. The number of halogens is 1. The Morgan fingerprint density at radius 1 is 1.11 bits per heavy atom. The lowest BCUT2D eigenvalue weighted by Crippen LogP contribution is -2.34. The molecule has 0 spiro atoms. The molecule has 1 atom stereocenters. The Morgan fingerprint density at radius 3 is 2.58 bits per heavy atom. The highest BCUT2D eigenvalue weighted by atomic mass is 19.1. The number of benzene rings is 1. The van der Waals surface area contributed by atoms with Crippen molar-refractivity contribution in [3.8, 4) is 11.3 Å². The Kier molecular flexibility index (Phi) is 7.65. The molecule has 4 heterocycles. The van der Waals surface area contributed by atoms with E-state index in [-0.39, 0.29) is 5.82 Å². The van der Waals surface area contributed by atoms with E-state index in [1.54, 1.807) is 0 Å². The van der Waals surface area contributed by atoms with Crippen LogP contribution < -0.4 is 10.5 Å². The summed E-state index contributed by atoms with van der Waals surface area (Å²) in [6, 6.07) is 7.45. The number of rotatable bonds is 9. The molecule has 3 aromatic heterocycles. The first kappa shape index (κ1) is 26.2. The standard InChI is InChI=1S/C29H37FN6O2/c1-5-19-9-10-23(30)22(6-2)27(19)26(7-3)38-36-25-12-11-24(32-28(25)33-29(36)37)20-17-31-35(18-20)21-13-15-34(8-4)16-14-21/h9-12,17-18,21,26H,5-8,13-16H2,1-4H3,(H,32,33,37). The van der Waals surface area contributed by atoms with Gasteiger partial charge in [-0.05, 0) is 68.0 Å². The largest absolute Gasteiger partial charge is 0.401 e. The average Bonchev–Trinajstić information content (AvgIpc) is 3.56. The maximum atomic E-state index is 14.7. The van der Waals surface area contributed by atoms with Crippen LogP contribution in [0.3, 0.4) is 0 Å². The van der Waals surface area contributed by atoms with Crippen LogP contribution in [0.5, 0.6) is 0 Å². The first-order chi connectivity index (χ1) is 18.5. The first-order valence-corrected chi connectivity index (χ1v) is 13.8. The summed E-state index contributed by atoms with van der Waals surface area (Å²) < 4.78 is 18.0. The minimum absolute atomic E-state index is 0.240. The summed E-state index contributed by atoms with van der Waals surface area (Å²) in [5, 5.41) is 4.62. The fourth-order valence-electron chi connectivity index (χ4n) is 5.62. The molecule has 0 aliphatic carbocycles. The van der Waals surface area contributed by atoms with Crippen LogP contribution in [0.1, 0.15) is 75.8 Å². The van der Waals surface area contributed by atoms with Gasteiger partial charge in [0.05, 0.1) is 17.9 Å². The molecule has 1 aliphatic heterocycles. The van der Waals surface area contributed by atoms with Crippen LogP contribution in [0.15, 0.2) is 41.5 Å². The second-order valence-electron chi connectivity index (χ2n) is 9.97. The van der Waals surface area contributed by atoms with Gasteiger partial charge >= 0.3 is 5.69 Å². The molecule has 202 valence electrons. The van der Waals surface area contributed by atoms with Gasteiger partial charge in [0.15, 0.2) is 11.8 Å². The second kappa shape index (κ2) is 11.1. The maximum Gasteiger partial charge on any atom is 0.360 e. The van der Waals surface area contributed by atoms with Crippen LogP contribution in [0.25, 0.3) is 22.4 Å². The third-order valence-electron chi connectivity index (χ3n) is 7.83. The molecule has 0 bridgehead atoms. The summed E-state index contributed by atoms with van der Waals surface area (Å²) in [5.41, 5.74) is 4.73. The molecule has 8 nitrogen and oxygen atoms in total. The number of imidazole rings is 1. The molecule has 0 saturated carbocycles. The van der Waals surface area contributed by atoms with Gasteiger partial charge < -0.3 is 9.74 Å². The van der Waals surface area contributed by atoms with Crippen molar-refractivity contribution >= 4 is 11.2 Å². The van der Waals surface area contributed by atoms with Crippen LogP contribution in [-0.4, -0.2) is 49.0 Å². The minimum Gasteiger partial charge on any atom is -0.401 e. The van der Waals surface area contributed by atoms with E-state index in [1.165, 1.54) is 10.8 Å². The first-order valence-electron chi connectivity index (χ1n) is 13.8. The number of pyridine rings is 1. The topological polar surface area (TPSA) is 81.0 Å². The summed E-state index contributed by atoms with van der Waals surface area (Å²) >= 11 is 0. The lowest BCUT2D eigenvalue weighted by atomic mass is 9.92. The van der Waals surface area contributed by atoms with Crippen LogP contribution in [0, 0.1) is 5.82 Å². The number of hydrogen-bond acceptors (Lipinski definition) is 5. The smallest absolute Gasteiger partial charge is 0.360 e. The Bertz CT molecular complexity index is 1460. The van der Waals surface area contributed by atoms with Crippen LogP contribution >= 0.6 is 0 Å². The summed E-state index contributed by atoms with van der Waals surface area (Å²) in [7, 11) is 0. The number of H-pyrrole nitrogens is 1. The van der Waals surface area contributed by atoms with E-state index < -0.39 is 11.8 Å². The molecule has 9 heteroatoms. The molecule has 4 aromatic rings. The van der Waals surface area contributed by atoms with Gasteiger partial charge in [0.25, 0.3) is 0 Å². The lowest BCUT2D eigenvalue weighted by Gasteiger charge is -2.31. The molecule has 0 radical (unpaired) electrons. The van der Waals surface area contributed by atoms with Gasteiger partial charge in [0, 0.05) is 30.4 Å². The fraction of sp³-hybridized carbons (Fsp3) is 0.483. The number of aromatic nitrogens is 5. The second-order valence-corrected chi connectivity index (χ2v) is 9.97. The summed E-state index contributed by atoms with van der Waals surface area (Å²) in [4.78, 5) is 29.2. The SMILES string of the molecule is CCc1ccc(F)c(CC)c1C(CC)On1c(=O)[nH]c2nc(-c3cnn(C4CCN(CC)CC4)c3)ccc21. The third-order valence-corrected chi connectivity index (χ3v) is 7.83. The van der Waals surface area contributed by atoms with Gasteiger partial charge in [-0.25, -0.2) is 14.2 Å². The molecule has 1 aromatic carbocycles. The maximum absolute atomic E-state index is 14.7. The molecular weight excluding hydrogens is 483 g/mol. The van der Waals surface area contributed by atoms with Crippen molar-refractivity contribution in [2.75, 3.05) is 19.6 Å². The zero-order valence-electron chi connectivity index (χ0n) is 22.7. The van der Waals surface area contributed by atoms with Crippen molar-refractivity contribution in [3.63, 3.8) is 0 Å². The molecular formula is C29H37FN6O2. The molecule has 38 heavy (non-hydrogen) atoms.